The number of ether oxygens (including phenoxy) is 1. The Hall–Kier alpha value is -0.850. The topological polar surface area (TPSA) is 69.4 Å². The summed E-state index contributed by atoms with van der Waals surface area (Å²) in [6.45, 7) is 0.267. The molecule has 0 heterocycles. The highest BCUT2D eigenvalue weighted by molar-refractivity contribution is 7.90. The highest BCUT2D eigenvalue weighted by Gasteiger charge is 2.11. The third-order valence-corrected chi connectivity index (χ3v) is 3.69. The highest BCUT2D eigenvalue weighted by Crippen LogP contribution is 2.26. The first-order chi connectivity index (χ1) is 8.31. The smallest absolute Gasteiger partial charge is 0.147 e. The van der Waals surface area contributed by atoms with Gasteiger partial charge in [-0.15, -0.1) is 0 Å². The van der Waals surface area contributed by atoms with Gasteiger partial charge in [-0.05, 0) is 18.6 Å². The van der Waals surface area contributed by atoms with Gasteiger partial charge in [-0.25, -0.2) is 8.42 Å². The summed E-state index contributed by atoms with van der Waals surface area (Å²) in [6.07, 6.45) is 1.59. The molecule has 100 valence electrons. The number of thiocarbonyl (C=S) groups is 1. The number of rotatable bonds is 6. The SMILES string of the molecule is CS(=O)(=O)CCCOc1cccc(Cl)c1C(N)=S. The van der Waals surface area contributed by atoms with E-state index in [9.17, 15) is 8.42 Å². The van der Waals surface area contributed by atoms with E-state index in [0.717, 1.165) is 0 Å². The Balaban J connectivity index is 2.68. The molecule has 4 nitrogen and oxygen atoms in total. The third-order valence-electron chi connectivity index (χ3n) is 2.14. The van der Waals surface area contributed by atoms with Crippen LogP contribution in [0.25, 0.3) is 0 Å². The lowest BCUT2D eigenvalue weighted by Crippen LogP contribution is -2.14. The third kappa shape index (κ3) is 4.80. The van der Waals surface area contributed by atoms with Crippen LogP contribution in [0.2, 0.25) is 5.02 Å². The molecule has 0 aliphatic rings. The van der Waals surface area contributed by atoms with Crippen molar-refractivity contribution in [3.05, 3.63) is 28.8 Å². The number of nitrogens with two attached hydrogens (primary N) is 1. The van der Waals surface area contributed by atoms with E-state index in [-0.39, 0.29) is 17.3 Å². The average molecular weight is 308 g/mol. The van der Waals surface area contributed by atoms with Gasteiger partial charge < -0.3 is 10.5 Å². The molecule has 0 bridgehead atoms. The average Bonchev–Trinajstić information content (AvgIpc) is 2.22. The summed E-state index contributed by atoms with van der Waals surface area (Å²) in [5.41, 5.74) is 6.04. The van der Waals surface area contributed by atoms with Crippen molar-refractivity contribution in [2.75, 3.05) is 18.6 Å². The minimum absolute atomic E-state index is 0.0793. The van der Waals surface area contributed by atoms with E-state index >= 15 is 0 Å². The maximum Gasteiger partial charge on any atom is 0.147 e. The molecule has 1 aromatic rings. The molecule has 0 amide bonds. The van der Waals surface area contributed by atoms with Crippen molar-refractivity contribution in [3.63, 3.8) is 0 Å². The summed E-state index contributed by atoms with van der Waals surface area (Å²) in [4.78, 5) is 0.152. The molecule has 0 spiro atoms. The highest BCUT2D eigenvalue weighted by atomic mass is 35.5. The van der Waals surface area contributed by atoms with Crippen LogP contribution >= 0.6 is 23.8 Å². The lowest BCUT2D eigenvalue weighted by molar-refractivity contribution is 0.317. The summed E-state index contributed by atoms with van der Waals surface area (Å²) in [5, 5.41) is 0.420. The van der Waals surface area contributed by atoms with Gasteiger partial charge in [0.2, 0.25) is 0 Å². The zero-order valence-corrected chi connectivity index (χ0v) is 12.2. The van der Waals surface area contributed by atoms with Crippen LogP contribution in [0.5, 0.6) is 5.75 Å². The van der Waals surface area contributed by atoms with E-state index in [1.807, 2.05) is 0 Å². The number of benzene rings is 1. The normalized spacial score (nSPS) is 11.2. The van der Waals surface area contributed by atoms with Crippen LogP contribution in [0.4, 0.5) is 0 Å². The molecule has 0 atom stereocenters. The van der Waals surface area contributed by atoms with Gasteiger partial charge in [0.25, 0.3) is 0 Å². The van der Waals surface area contributed by atoms with Gasteiger partial charge in [-0.1, -0.05) is 29.9 Å². The molecule has 0 aliphatic carbocycles. The van der Waals surface area contributed by atoms with Gasteiger partial charge in [0.15, 0.2) is 0 Å². The molecule has 0 fully saturated rings. The van der Waals surface area contributed by atoms with Gasteiger partial charge in [-0.2, -0.15) is 0 Å². The number of hydrogen-bond donors (Lipinski definition) is 1. The molecular formula is C11H14ClNO3S2. The molecule has 18 heavy (non-hydrogen) atoms. The second kappa shape index (κ2) is 6.36. The Morgan fingerprint density at radius 3 is 2.72 bits per heavy atom. The molecule has 2 N–H and O–H groups in total. The van der Waals surface area contributed by atoms with Crippen molar-refractivity contribution in [2.45, 2.75) is 6.42 Å². The van der Waals surface area contributed by atoms with Crippen LogP contribution in [0.1, 0.15) is 12.0 Å². The molecule has 1 rings (SSSR count). The molecule has 0 radical (unpaired) electrons. The van der Waals surface area contributed by atoms with Crippen LogP contribution in [0, 0.1) is 0 Å². The van der Waals surface area contributed by atoms with Crippen molar-refractivity contribution < 1.29 is 13.2 Å². The van der Waals surface area contributed by atoms with E-state index in [1.165, 1.54) is 6.26 Å². The molecule has 0 saturated heterocycles. The summed E-state index contributed by atoms with van der Waals surface area (Å²) in [6, 6.07) is 5.08. The summed E-state index contributed by atoms with van der Waals surface area (Å²) >= 11 is 10.9. The Kier molecular flexibility index (Phi) is 5.37. The fraction of sp³-hybridized carbons (Fsp3) is 0.364. The standard InChI is InChI=1S/C11H14ClNO3S2/c1-18(14,15)7-3-6-16-9-5-2-4-8(12)10(9)11(13)17/h2,4-5H,3,6-7H2,1H3,(H2,13,17). The van der Waals surface area contributed by atoms with E-state index in [0.29, 0.717) is 22.8 Å². The van der Waals surface area contributed by atoms with Gasteiger partial charge >= 0.3 is 0 Å². The molecule has 0 unspecified atom stereocenters. The lowest BCUT2D eigenvalue weighted by Gasteiger charge is -2.11. The van der Waals surface area contributed by atoms with Crippen molar-refractivity contribution in [2.24, 2.45) is 5.73 Å². The first-order valence-electron chi connectivity index (χ1n) is 5.20. The van der Waals surface area contributed by atoms with Gasteiger partial charge in [0.1, 0.15) is 20.6 Å². The molecule has 0 aromatic heterocycles. The monoisotopic (exact) mass is 307 g/mol. The number of sulfone groups is 1. The predicted octanol–water partition coefficient (Wildman–Crippen LogP) is 1.79. The summed E-state index contributed by atoms with van der Waals surface area (Å²) in [5.74, 6) is 0.555. The Morgan fingerprint density at radius 2 is 2.17 bits per heavy atom. The van der Waals surface area contributed by atoms with Gasteiger partial charge in [0.05, 0.1) is 22.9 Å². The van der Waals surface area contributed by atoms with Crippen molar-refractivity contribution in [3.8, 4) is 5.75 Å². The van der Waals surface area contributed by atoms with Gasteiger partial charge in [-0.3, -0.25) is 0 Å². The number of hydrogen-bond acceptors (Lipinski definition) is 4. The van der Waals surface area contributed by atoms with Crippen LogP contribution < -0.4 is 10.5 Å². The molecule has 0 aliphatic heterocycles. The largest absolute Gasteiger partial charge is 0.493 e. The summed E-state index contributed by atoms with van der Waals surface area (Å²) in [7, 11) is -2.97. The van der Waals surface area contributed by atoms with Crippen LogP contribution in [-0.4, -0.2) is 32.0 Å². The quantitative estimate of drug-likeness (QED) is 0.641. The minimum atomic E-state index is -2.97. The fourth-order valence-electron chi connectivity index (χ4n) is 1.37. The second-order valence-corrected chi connectivity index (χ2v) is 6.92. The molecular weight excluding hydrogens is 294 g/mol. The Morgan fingerprint density at radius 1 is 1.50 bits per heavy atom. The predicted molar refractivity (Wildman–Crippen MR) is 77.2 cm³/mol. The first kappa shape index (κ1) is 15.2. The number of halogens is 1. The van der Waals surface area contributed by atoms with Crippen molar-refractivity contribution >= 4 is 38.6 Å². The maximum absolute atomic E-state index is 11.0. The van der Waals surface area contributed by atoms with E-state index in [2.05, 4.69) is 0 Å². The first-order valence-corrected chi connectivity index (χ1v) is 8.05. The zero-order valence-electron chi connectivity index (χ0n) is 9.85. The molecule has 7 heteroatoms. The zero-order chi connectivity index (χ0) is 13.8. The lowest BCUT2D eigenvalue weighted by atomic mass is 10.2. The van der Waals surface area contributed by atoms with Crippen molar-refractivity contribution in [1.82, 2.24) is 0 Å². The Bertz CT molecular complexity index is 543. The van der Waals surface area contributed by atoms with E-state index in [4.69, 9.17) is 34.3 Å². The van der Waals surface area contributed by atoms with E-state index in [1.54, 1.807) is 18.2 Å². The second-order valence-electron chi connectivity index (χ2n) is 3.81. The van der Waals surface area contributed by atoms with Crippen LogP contribution in [0.3, 0.4) is 0 Å². The minimum Gasteiger partial charge on any atom is -0.493 e. The van der Waals surface area contributed by atoms with Gasteiger partial charge in [0, 0.05) is 6.26 Å². The Labute approximate surface area is 117 Å². The fourth-order valence-corrected chi connectivity index (χ4v) is 2.54. The van der Waals surface area contributed by atoms with Crippen LogP contribution in [-0.2, 0) is 9.84 Å². The van der Waals surface area contributed by atoms with Crippen LogP contribution in [0.15, 0.2) is 18.2 Å². The molecule has 0 saturated carbocycles. The van der Waals surface area contributed by atoms with E-state index < -0.39 is 9.84 Å². The summed E-state index contributed by atoms with van der Waals surface area (Å²) < 4.78 is 27.4. The molecule has 1 aromatic carbocycles. The van der Waals surface area contributed by atoms with Crippen molar-refractivity contribution in [1.29, 1.82) is 0 Å². The maximum atomic E-state index is 11.0.